The van der Waals surface area contributed by atoms with Crippen LogP contribution in [0.1, 0.15) is 61.3 Å². The van der Waals surface area contributed by atoms with Crippen molar-refractivity contribution >= 4 is 11.0 Å². The Morgan fingerprint density at radius 2 is 1.56 bits per heavy atom. The minimum Gasteiger partial charge on any atom is -0.493 e. The van der Waals surface area contributed by atoms with Gasteiger partial charge in [0.2, 0.25) is 0 Å². The van der Waals surface area contributed by atoms with Gasteiger partial charge in [0.1, 0.15) is 11.3 Å². The van der Waals surface area contributed by atoms with Gasteiger partial charge in [-0.1, -0.05) is 50.5 Å². The van der Waals surface area contributed by atoms with Crippen molar-refractivity contribution in [3.63, 3.8) is 0 Å². The predicted molar refractivity (Wildman–Crippen MR) is 148 cm³/mol. The summed E-state index contributed by atoms with van der Waals surface area (Å²) in [5, 5.41) is 0.968. The Kier molecular flexibility index (Phi) is 9.60. The standard InChI is InChI=1S/C31H42N2O3/c1-4-5-6-7-9-26-10-12-27(13-11-26)23-33-19-17-32(18-20-33)16-8-21-35-28-14-15-29-24(2)25(3)31(34)36-30(29)22-28/h10-15,22H,4-9,16-21,23H2,1-3H3. The number of fused-ring (bicyclic) bond motifs is 1. The Morgan fingerprint density at radius 3 is 2.31 bits per heavy atom. The lowest BCUT2D eigenvalue weighted by Gasteiger charge is -2.34. The molecule has 2 aromatic carbocycles. The van der Waals surface area contributed by atoms with Crippen molar-refractivity contribution in [1.29, 1.82) is 0 Å². The second kappa shape index (κ2) is 13.1. The molecule has 1 fully saturated rings. The third-order valence-electron chi connectivity index (χ3n) is 7.53. The van der Waals surface area contributed by atoms with Gasteiger partial charge in [-0.25, -0.2) is 4.79 Å². The molecule has 0 atom stereocenters. The van der Waals surface area contributed by atoms with Gasteiger partial charge < -0.3 is 14.1 Å². The molecule has 1 aliphatic heterocycles. The lowest BCUT2D eigenvalue weighted by atomic mass is 10.0. The molecule has 1 aliphatic rings. The summed E-state index contributed by atoms with van der Waals surface area (Å²) in [5.41, 5.74) is 4.86. The third kappa shape index (κ3) is 7.21. The van der Waals surface area contributed by atoms with Crippen LogP contribution < -0.4 is 10.4 Å². The predicted octanol–water partition coefficient (Wildman–Crippen LogP) is 6.12. The van der Waals surface area contributed by atoms with E-state index in [2.05, 4.69) is 41.0 Å². The SMILES string of the molecule is CCCCCCc1ccc(CN2CCN(CCCOc3ccc4c(C)c(C)c(=O)oc4c3)CC2)cc1. The summed E-state index contributed by atoms with van der Waals surface area (Å²) in [6.45, 7) is 13.2. The molecule has 0 saturated carbocycles. The Labute approximate surface area is 216 Å². The summed E-state index contributed by atoms with van der Waals surface area (Å²) in [6, 6.07) is 15.1. The average Bonchev–Trinajstić information content (AvgIpc) is 2.89. The summed E-state index contributed by atoms with van der Waals surface area (Å²) < 4.78 is 11.4. The largest absolute Gasteiger partial charge is 0.493 e. The minimum atomic E-state index is -0.272. The van der Waals surface area contributed by atoms with Gasteiger partial charge in [-0.05, 0) is 61.9 Å². The number of hydrogen-bond acceptors (Lipinski definition) is 5. The molecule has 0 N–H and O–H groups in total. The highest BCUT2D eigenvalue weighted by molar-refractivity contribution is 5.82. The van der Waals surface area contributed by atoms with Gasteiger partial charge in [-0.15, -0.1) is 0 Å². The smallest absolute Gasteiger partial charge is 0.339 e. The number of benzene rings is 2. The number of hydrogen-bond donors (Lipinski definition) is 0. The molecule has 1 aromatic heterocycles. The zero-order chi connectivity index (χ0) is 25.3. The highest BCUT2D eigenvalue weighted by Gasteiger charge is 2.16. The molecule has 0 amide bonds. The molecule has 0 aliphatic carbocycles. The molecular weight excluding hydrogens is 448 g/mol. The molecule has 4 rings (SSSR count). The molecule has 0 radical (unpaired) electrons. The van der Waals surface area contributed by atoms with Gasteiger partial charge in [0.05, 0.1) is 6.61 Å². The molecule has 194 valence electrons. The Bertz CT molecular complexity index is 1160. The maximum absolute atomic E-state index is 12.0. The van der Waals surface area contributed by atoms with E-state index in [-0.39, 0.29) is 5.63 Å². The van der Waals surface area contributed by atoms with Crippen LogP contribution in [0.25, 0.3) is 11.0 Å². The monoisotopic (exact) mass is 490 g/mol. The number of nitrogens with zero attached hydrogens (tertiary/aromatic N) is 2. The summed E-state index contributed by atoms with van der Waals surface area (Å²) in [6.07, 6.45) is 7.49. The molecule has 1 saturated heterocycles. The van der Waals surface area contributed by atoms with Crippen molar-refractivity contribution in [3.8, 4) is 5.75 Å². The third-order valence-corrected chi connectivity index (χ3v) is 7.53. The van der Waals surface area contributed by atoms with E-state index in [1.54, 1.807) is 6.92 Å². The number of ether oxygens (including phenoxy) is 1. The molecule has 2 heterocycles. The van der Waals surface area contributed by atoms with Crippen molar-refractivity contribution in [2.45, 2.75) is 65.8 Å². The highest BCUT2D eigenvalue weighted by atomic mass is 16.5. The van der Waals surface area contributed by atoms with Gasteiger partial charge >= 0.3 is 5.63 Å². The van der Waals surface area contributed by atoms with Crippen molar-refractivity contribution in [1.82, 2.24) is 9.80 Å². The fraction of sp³-hybridized carbons (Fsp3) is 0.516. The number of rotatable bonds is 12. The molecular formula is C31H42N2O3. The zero-order valence-electron chi connectivity index (χ0n) is 22.4. The van der Waals surface area contributed by atoms with E-state index >= 15 is 0 Å². The second-order valence-electron chi connectivity index (χ2n) is 10.2. The first-order chi connectivity index (χ1) is 17.5. The first-order valence-corrected chi connectivity index (χ1v) is 13.7. The normalized spacial score (nSPS) is 15.0. The van der Waals surface area contributed by atoms with E-state index in [1.165, 1.54) is 43.2 Å². The summed E-state index contributed by atoms with van der Waals surface area (Å²) >= 11 is 0. The van der Waals surface area contributed by atoms with Gasteiger partial charge in [0, 0.05) is 56.3 Å². The lowest BCUT2D eigenvalue weighted by molar-refractivity contribution is 0.121. The van der Waals surface area contributed by atoms with Crippen LogP contribution in [0.15, 0.2) is 51.7 Å². The lowest BCUT2D eigenvalue weighted by Crippen LogP contribution is -2.46. The molecule has 0 unspecified atom stereocenters. The summed E-state index contributed by atoms with van der Waals surface area (Å²) in [5.74, 6) is 0.755. The topological polar surface area (TPSA) is 45.9 Å². The second-order valence-corrected chi connectivity index (χ2v) is 10.2. The number of unbranched alkanes of at least 4 members (excludes halogenated alkanes) is 3. The van der Waals surface area contributed by atoms with Crippen LogP contribution in [0.2, 0.25) is 0 Å². The van der Waals surface area contributed by atoms with Gasteiger partial charge in [-0.3, -0.25) is 4.90 Å². The van der Waals surface area contributed by atoms with Crippen LogP contribution in [0.4, 0.5) is 0 Å². The number of piperazine rings is 1. The van der Waals surface area contributed by atoms with Crippen LogP contribution in [0.5, 0.6) is 5.75 Å². The van der Waals surface area contributed by atoms with E-state index in [4.69, 9.17) is 9.15 Å². The summed E-state index contributed by atoms with van der Waals surface area (Å²) in [7, 11) is 0. The van der Waals surface area contributed by atoms with Gasteiger partial charge in [0.25, 0.3) is 0 Å². The quantitative estimate of drug-likeness (QED) is 0.226. The Morgan fingerprint density at radius 1 is 0.833 bits per heavy atom. The Balaban J connectivity index is 1.14. The molecule has 36 heavy (non-hydrogen) atoms. The first kappa shape index (κ1) is 26.4. The maximum Gasteiger partial charge on any atom is 0.339 e. The highest BCUT2D eigenvalue weighted by Crippen LogP contribution is 2.24. The Hall–Kier alpha value is -2.63. The van der Waals surface area contributed by atoms with Gasteiger partial charge in [0.15, 0.2) is 0 Å². The van der Waals surface area contributed by atoms with Crippen LogP contribution >= 0.6 is 0 Å². The van der Waals surface area contributed by atoms with Crippen LogP contribution in [0.3, 0.4) is 0 Å². The van der Waals surface area contributed by atoms with E-state index in [9.17, 15) is 4.79 Å². The molecule has 3 aromatic rings. The summed E-state index contributed by atoms with van der Waals surface area (Å²) in [4.78, 5) is 17.1. The number of aryl methyl sites for hydroxylation is 2. The molecule has 0 bridgehead atoms. The fourth-order valence-electron chi connectivity index (χ4n) is 4.99. The fourth-order valence-corrected chi connectivity index (χ4v) is 4.99. The van der Waals surface area contributed by atoms with Gasteiger partial charge in [-0.2, -0.15) is 0 Å². The van der Waals surface area contributed by atoms with E-state index in [1.807, 2.05) is 25.1 Å². The average molecular weight is 491 g/mol. The van der Waals surface area contributed by atoms with Crippen LogP contribution in [-0.4, -0.2) is 49.1 Å². The molecule has 0 spiro atoms. The van der Waals surface area contributed by atoms with Crippen LogP contribution in [-0.2, 0) is 13.0 Å². The van der Waals surface area contributed by atoms with Crippen LogP contribution in [0, 0.1) is 13.8 Å². The molecule has 5 nitrogen and oxygen atoms in total. The van der Waals surface area contributed by atoms with E-state index < -0.39 is 0 Å². The van der Waals surface area contributed by atoms with Crippen molar-refractivity contribution in [3.05, 3.63) is 75.1 Å². The van der Waals surface area contributed by atoms with Crippen molar-refractivity contribution < 1.29 is 9.15 Å². The van der Waals surface area contributed by atoms with Crippen molar-refractivity contribution in [2.75, 3.05) is 39.3 Å². The minimum absolute atomic E-state index is 0.272. The zero-order valence-corrected chi connectivity index (χ0v) is 22.4. The maximum atomic E-state index is 12.0. The van der Waals surface area contributed by atoms with E-state index in [0.29, 0.717) is 17.8 Å². The molecule has 5 heteroatoms. The van der Waals surface area contributed by atoms with Crippen molar-refractivity contribution in [2.24, 2.45) is 0 Å². The first-order valence-electron chi connectivity index (χ1n) is 13.7. The van der Waals surface area contributed by atoms with E-state index in [0.717, 1.165) is 62.4 Å².